The molecule has 0 amide bonds. The standard InChI is InChI=1S/C15H24FNO/c1-4-7-17-11-12-8-13(16)10-15(9-12)18-14(5-2)6-3/h8-10,14,17H,4-7,11H2,1-3H3. The maximum absolute atomic E-state index is 13.5. The molecule has 0 bridgehead atoms. The van der Waals surface area contributed by atoms with Gasteiger partial charge in [-0.1, -0.05) is 20.8 Å². The molecule has 0 aromatic heterocycles. The van der Waals surface area contributed by atoms with Crippen LogP contribution in [0.4, 0.5) is 4.39 Å². The first-order chi connectivity index (χ1) is 8.69. The van der Waals surface area contributed by atoms with Gasteiger partial charge in [0.2, 0.25) is 0 Å². The van der Waals surface area contributed by atoms with Gasteiger partial charge < -0.3 is 10.1 Å². The van der Waals surface area contributed by atoms with Gasteiger partial charge >= 0.3 is 0 Å². The van der Waals surface area contributed by atoms with Gasteiger partial charge in [0.05, 0.1) is 6.10 Å². The van der Waals surface area contributed by atoms with Crippen molar-refractivity contribution < 1.29 is 9.13 Å². The molecule has 1 aromatic rings. The predicted octanol–water partition coefficient (Wildman–Crippen LogP) is 3.89. The molecule has 0 saturated carbocycles. The summed E-state index contributed by atoms with van der Waals surface area (Å²) in [6.07, 6.45) is 3.13. The lowest BCUT2D eigenvalue weighted by molar-refractivity contribution is 0.192. The fourth-order valence-electron chi connectivity index (χ4n) is 1.85. The molecule has 0 radical (unpaired) electrons. The molecule has 0 aliphatic rings. The highest BCUT2D eigenvalue weighted by Crippen LogP contribution is 2.19. The highest BCUT2D eigenvalue weighted by molar-refractivity contribution is 5.29. The van der Waals surface area contributed by atoms with Crippen molar-refractivity contribution in [3.63, 3.8) is 0 Å². The third kappa shape index (κ3) is 5.05. The van der Waals surface area contributed by atoms with Crippen molar-refractivity contribution in [2.24, 2.45) is 0 Å². The van der Waals surface area contributed by atoms with Gasteiger partial charge in [0.15, 0.2) is 0 Å². The molecule has 0 unspecified atom stereocenters. The van der Waals surface area contributed by atoms with E-state index < -0.39 is 0 Å². The van der Waals surface area contributed by atoms with E-state index in [2.05, 4.69) is 26.1 Å². The molecule has 0 spiro atoms. The summed E-state index contributed by atoms with van der Waals surface area (Å²) in [4.78, 5) is 0. The van der Waals surface area contributed by atoms with Crippen LogP contribution in [-0.4, -0.2) is 12.6 Å². The number of rotatable bonds is 8. The second kappa shape index (κ2) is 8.09. The first kappa shape index (κ1) is 15.0. The quantitative estimate of drug-likeness (QED) is 0.710. The molecule has 0 fully saturated rings. The minimum atomic E-state index is -0.230. The van der Waals surface area contributed by atoms with Gasteiger partial charge in [-0.3, -0.25) is 0 Å². The molecule has 1 rings (SSSR count). The Morgan fingerprint density at radius 1 is 1.17 bits per heavy atom. The number of hydrogen-bond acceptors (Lipinski definition) is 2. The van der Waals surface area contributed by atoms with Gasteiger partial charge in [0.25, 0.3) is 0 Å². The van der Waals surface area contributed by atoms with Crippen LogP contribution in [0.25, 0.3) is 0 Å². The Labute approximate surface area is 110 Å². The van der Waals surface area contributed by atoms with E-state index in [-0.39, 0.29) is 11.9 Å². The Kier molecular flexibility index (Phi) is 6.73. The van der Waals surface area contributed by atoms with E-state index in [0.29, 0.717) is 12.3 Å². The van der Waals surface area contributed by atoms with Gasteiger partial charge in [-0.2, -0.15) is 0 Å². The van der Waals surface area contributed by atoms with Crippen molar-refractivity contribution in [3.05, 3.63) is 29.6 Å². The summed E-state index contributed by atoms with van der Waals surface area (Å²) in [6, 6.07) is 4.94. The first-order valence-corrected chi connectivity index (χ1v) is 6.86. The molecule has 1 aromatic carbocycles. The summed E-state index contributed by atoms with van der Waals surface area (Å²) in [7, 11) is 0. The lowest BCUT2D eigenvalue weighted by Crippen LogP contribution is -2.16. The van der Waals surface area contributed by atoms with E-state index in [1.807, 2.05) is 6.07 Å². The monoisotopic (exact) mass is 253 g/mol. The summed E-state index contributed by atoms with van der Waals surface area (Å²) in [5.41, 5.74) is 0.935. The molecule has 2 nitrogen and oxygen atoms in total. The van der Waals surface area contributed by atoms with Crippen molar-refractivity contribution in [3.8, 4) is 5.75 Å². The van der Waals surface area contributed by atoms with Crippen LogP contribution in [0.3, 0.4) is 0 Å². The first-order valence-electron chi connectivity index (χ1n) is 6.86. The van der Waals surface area contributed by atoms with E-state index in [4.69, 9.17) is 4.74 Å². The van der Waals surface area contributed by atoms with Gasteiger partial charge in [0, 0.05) is 12.6 Å². The minimum Gasteiger partial charge on any atom is -0.490 e. The molecule has 0 atom stereocenters. The average molecular weight is 253 g/mol. The Morgan fingerprint density at radius 2 is 1.89 bits per heavy atom. The average Bonchev–Trinajstić information content (AvgIpc) is 2.35. The Hall–Kier alpha value is -1.09. The van der Waals surface area contributed by atoms with Crippen molar-refractivity contribution in [1.29, 1.82) is 0 Å². The molecule has 0 saturated heterocycles. The van der Waals surface area contributed by atoms with E-state index >= 15 is 0 Å². The molecule has 0 heterocycles. The zero-order valence-corrected chi connectivity index (χ0v) is 11.6. The smallest absolute Gasteiger partial charge is 0.127 e. The van der Waals surface area contributed by atoms with E-state index in [1.54, 1.807) is 6.07 Å². The van der Waals surface area contributed by atoms with E-state index in [0.717, 1.165) is 31.4 Å². The number of halogens is 1. The van der Waals surface area contributed by atoms with Crippen LogP contribution < -0.4 is 10.1 Å². The maximum atomic E-state index is 13.5. The van der Waals surface area contributed by atoms with Crippen LogP contribution in [0.2, 0.25) is 0 Å². The molecular formula is C15H24FNO. The largest absolute Gasteiger partial charge is 0.490 e. The summed E-state index contributed by atoms with van der Waals surface area (Å²) in [5, 5.41) is 3.26. The zero-order valence-electron chi connectivity index (χ0n) is 11.6. The fraction of sp³-hybridized carbons (Fsp3) is 0.600. The van der Waals surface area contributed by atoms with Crippen molar-refractivity contribution in [1.82, 2.24) is 5.32 Å². The van der Waals surface area contributed by atoms with Gasteiger partial charge in [0.1, 0.15) is 11.6 Å². The van der Waals surface area contributed by atoms with Crippen LogP contribution >= 0.6 is 0 Å². The lowest BCUT2D eigenvalue weighted by Gasteiger charge is -2.16. The number of nitrogens with one attached hydrogen (secondary N) is 1. The van der Waals surface area contributed by atoms with Crippen LogP contribution in [0.15, 0.2) is 18.2 Å². The Balaban J connectivity index is 2.67. The Bertz CT molecular complexity index is 350. The molecule has 102 valence electrons. The van der Waals surface area contributed by atoms with Crippen LogP contribution in [0.1, 0.15) is 45.6 Å². The number of ether oxygens (including phenoxy) is 1. The highest BCUT2D eigenvalue weighted by atomic mass is 19.1. The fourth-order valence-corrected chi connectivity index (χ4v) is 1.85. The van der Waals surface area contributed by atoms with Crippen molar-refractivity contribution in [2.75, 3.05) is 6.54 Å². The molecule has 3 heteroatoms. The van der Waals surface area contributed by atoms with Crippen molar-refractivity contribution in [2.45, 2.75) is 52.7 Å². The minimum absolute atomic E-state index is 0.170. The van der Waals surface area contributed by atoms with Crippen molar-refractivity contribution >= 4 is 0 Å². The van der Waals surface area contributed by atoms with Crippen LogP contribution in [-0.2, 0) is 6.54 Å². The van der Waals surface area contributed by atoms with Gasteiger partial charge in [-0.05, 0) is 43.5 Å². The third-order valence-electron chi connectivity index (χ3n) is 2.90. The SMILES string of the molecule is CCCNCc1cc(F)cc(OC(CC)CC)c1. The number of benzene rings is 1. The topological polar surface area (TPSA) is 21.3 Å². The summed E-state index contributed by atoms with van der Waals surface area (Å²) in [6.45, 7) is 7.90. The molecule has 0 aliphatic heterocycles. The van der Waals surface area contributed by atoms with Gasteiger partial charge in [-0.15, -0.1) is 0 Å². The highest BCUT2D eigenvalue weighted by Gasteiger charge is 2.07. The van der Waals surface area contributed by atoms with Crippen LogP contribution in [0, 0.1) is 5.82 Å². The van der Waals surface area contributed by atoms with E-state index in [1.165, 1.54) is 6.07 Å². The number of hydrogen-bond donors (Lipinski definition) is 1. The summed E-state index contributed by atoms with van der Waals surface area (Å²) >= 11 is 0. The van der Waals surface area contributed by atoms with Crippen LogP contribution in [0.5, 0.6) is 5.75 Å². The third-order valence-corrected chi connectivity index (χ3v) is 2.90. The molecule has 0 aliphatic carbocycles. The lowest BCUT2D eigenvalue weighted by atomic mass is 10.2. The second-order valence-corrected chi connectivity index (χ2v) is 4.53. The normalized spacial score (nSPS) is 10.9. The molecular weight excluding hydrogens is 229 g/mol. The zero-order chi connectivity index (χ0) is 13.4. The molecule has 1 N–H and O–H groups in total. The van der Waals surface area contributed by atoms with E-state index in [9.17, 15) is 4.39 Å². The summed E-state index contributed by atoms with van der Waals surface area (Å²) < 4.78 is 19.3. The Morgan fingerprint density at radius 3 is 2.50 bits per heavy atom. The second-order valence-electron chi connectivity index (χ2n) is 4.53. The summed E-state index contributed by atoms with van der Waals surface area (Å²) in [5.74, 6) is 0.406. The predicted molar refractivity (Wildman–Crippen MR) is 73.4 cm³/mol. The molecule has 18 heavy (non-hydrogen) atoms. The maximum Gasteiger partial charge on any atom is 0.127 e. The van der Waals surface area contributed by atoms with Gasteiger partial charge in [-0.25, -0.2) is 4.39 Å².